The highest BCUT2D eigenvalue weighted by atomic mass is 32.2. The van der Waals surface area contributed by atoms with Crippen LogP contribution in [0, 0.1) is 0 Å². The average Bonchev–Trinajstić information content (AvgIpc) is 3.59. The van der Waals surface area contributed by atoms with Crippen molar-refractivity contribution in [2.75, 3.05) is 11.9 Å². The standard InChI is InChI=1S/C24H23N5O4S/c25-29-16-6-5-12(27-21(30)13-3-1-2-4-14(13)22(27)31)11-17(16)28(24(29)32)23-26-20-15-9-10-33-18(15)7-8-19(20)34-23/h1-4,7-8,12,16-17,23,26H,5-6,9-11,25H2/t12-,16-,17+,23?/m0/s1. The van der Waals surface area contributed by atoms with Gasteiger partial charge in [-0.15, -0.1) is 0 Å². The van der Waals surface area contributed by atoms with Crippen LogP contribution >= 0.6 is 11.8 Å². The number of nitrogens with one attached hydrogen (secondary N) is 1. The molecule has 0 bridgehead atoms. The van der Waals surface area contributed by atoms with Crippen LogP contribution in [0.2, 0.25) is 0 Å². The summed E-state index contributed by atoms with van der Waals surface area (Å²) in [7, 11) is 0. The van der Waals surface area contributed by atoms with Gasteiger partial charge in [-0.1, -0.05) is 23.9 Å². The van der Waals surface area contributed by atoms with Crippen LogP contribution in [0.3, 0.4) is 0 Å². The minimum absolute atomic E-state index is 0.154. The third-order valence-electron chi connectivity index (χ3n) is 7.70. The predicted molar refractivity (Wildman–Crippen MR) is 124 cm³/mol. The van der Waals surface area contributed by atoms with Gasteiger partial charge in [-0.05, 0) is 43.5 Å². The third kappa shape index (κ3) is 2.63. The summed E-state index contributed by atoms with van der Waals surface area (Å²) < 4.78 is 5.70. The molecule has 0 radical (unpaired) electrons. The topological polar surface area (TPSA) is 108 Å². The Morgan fingerprint density at radius 2 is 1.76 bits per heavy atom. The predicted octanol–water partition coefficient (Wildman–Crippen LogP) is 2.62. The van der Waals surface area contributed by atoms with E-state index in [0.717, 1.165) is 28.3 Å². The molecule has 1 saturated heterocycles. The van der Waals surface area contributed by atoms with E-state index in [4.69, 9.17) is 10.6 Å². The van der Waals surface area contributed by atoms with Crippen molar-refractivity contribution >= 4 is 35.3 Å². The Labute approximate surface area is 200 Å². The highest BCUT2D eigenvalue weighted by Gasteiger charge is 2.54. The maximum Gasteiger partial charge on any atom is 0.337 e. The second-order valence-electron chi connectivity index (χ2n) is 9.35. The number of anilines is 1. The van der Waals surface area contributed by atoms with Gasteiger partial charge in [0.2, 0.25) is 0 Å². The van der Waals surface area contributed by atoms with Crippen LogP contribution in [-0.2, 0) is 6.42 Å². The Hall–Kier alpha value is -3.24. The molecule has 34 heavy (non-hydrogen) atoms. The van der Waals surface area contributed by atoms with E-state index in [0.29, 0.717) is 37.0 Å². The molecular weight excluding hydrogens is 454 g/mol. The summed E-state index contributed by atoms with van der Waals surface area (Å²) in [5.41, 5.74) is 2.77. The Bertz CT molecular complexity index is 1230. The largest absolute Gasteiger partial charge is 0.493 e. The normalized spacial score (nSPS) is 29.1. The molecule has 7 rings (SSSR count). The number of ether oxygens (including phenoxy) is 1. The van der Waals surface area contributed by atoms with Crippen LogP contribution in [0.5, 0.6) is 5.75 Å². The van der Waals surface area contributed by atoms with Crippen LogP contribution in [0.15, 0.2) is 41.3 Å². The molecular formula is C24H23N5O4S. The monoisotopic (exact) mass is 477 g/mol. The first kappa shape index (κ1) is 20.2. The molecule has 0 spiro atoms. The molecule has 9 nitrogen and oxygen atoms in total. The molecule has 4 heterocycles. The minimum Gasteiger partial charge on any atom is -0.493 e. The van der Waals surface area contributed by atoms with Crippen LogP contribution < -0.4 is 15.9 Å². The summed E-state index contributed by atoms with van der Waals surface area (Å²) in [4.78, 5) is 43.7. The van der Waals surface area contributed by atoms with Crippen molar-refractivity contribution in [3.63, 3.8) is 0 Å². The first-order chi connectivity index (χ1) is 16.5. The summed E-state index contributed by atoms with van der Waals surface area (Å²) in [5, 5.41) is 4.87. The molecule has 1 saturated carbocycles. The second-order valence-corrected chi connectivity index (χ2v) is 10.5. The Kier molecular flexibility index (Phi) is 4.23. The molecule has 4 amide bonds. The molecule has 2 aromatic rings. The third-order valence-corrected chi connectivity index (χ3v) is 8.86. The fourth-order valence-corrected chi connectivity index (χ4v) is 7.33. The number of fused-ring (bicyclic) bond motifs is 5. The smallest absolute Gasteiger partial charge is 0.337 e. The Morgan fingerprint density at radius 3 is 2.53 bits per heavy atom. The van der Waals surface area contributed by atoms with E-state index in [1.807, 2.05) is 17.0 Å². The number of carbonyl (C=O) groups excluding carboxylic acids is 3. The van der Waals surface area contributed by atoms with Crippen LogP contribution in [0.25, 0.3) is 0 Å². The average molecular weight is 478 g/mol. The number of hydrogen-bond acceptors (Lipinski definition) is 7. The molecule has 1 aliphatic carbocycles. The molecule has 2 aromatic carbocycles. The molecule has 1 unspecified atom stereocenters. The lowest BCUT2D eigenvalue weighted by atomic mass is 9.86. The van der Waals surface area contributed by atoms with Gasteiger partial charge in [-0.2, -0.15) is 0 Å². The van der Waals surface area contributed by atoms with E-state index >= 15 is 0 Å². The molecule has 10 heteroatoms. The summed E-state index contributed by atoms with van der Waals surface area (Å²) in [6, 6.07) is 10.1. The van der Waals surface area contributed by atoms with Gasteiger partial charge in [-0.3, -0.25) is 24.4 Å². The zero-order valence-electron chi connectivity index (χ0n) is 18.3. The van der Waals surface area contributed by atoms with Crippen molar-refractivity contribution < 1.29 is 19.1 Å². The van der Waals surface area contributed by atoms with Crippen molar-refractivity contribution in [3.05, 3.63) is 53.1 Å². The van der Waals surface area contributed by atoms with E-state index in [1.54, 1.807) is 36.0 Å². The van der Waals surface area contributed by atoms with Gasteiger partial charge in [0.25, 0.3) is 11.8 Å². The van der Waals surface area contributed by atoms with Gasteiger partial charge in [0.15, 0.2) is 5.50 Å². The molecule has 3 N–H and O–H groups in total. The first-order valence-corrected chi connectivity index (χ1v) is 12.5. The van der Waals surface area contributed by atoms with Crippen molar-refractivity contribution in [1.82, 2.24) is 14.8 Å². The number of imide groups is 1. The van der Waals surface area contributed by atoms with Crippen LogP contribution in [0.4, 0.5) is 10.5 Å². The summed E-state index contributed by atoms with van der Waals surface area (Å²) in [5.74, 6) is 6.64. The van der Waals surface area contributed by atoms with E-state index < -0.39 is 0 Å². The van der Waals surface area contributed by atoms with E-state index in [1.165, 1.54) is 9.91 Å². The molecule has 4 aliphatic heterocycles. The molecule has 4 atom stereocenters. The SMILES string of the molecule is NN1C(=O)N(C2Nc3c(ccc4c3CCO4)S2)[C@@H]2C[C@@H](N3C(=O)c4ccccc4C3=O)CC[C@@H]21. The summed E-state index contributed by atoms with van der Waals surface area (Å²) in [6.45, 7) is 0.661. The number of amides is 4. The fraction of sp³-hybridized carbons (Fsp3) is 0.375. The van der Waals surface area contributed by atoms with E-state index in [2.05, 4.69) is 5.32 Å². The number of rotatable bonds is 2. The van der Waals surface area contributed by atoms with Crippen molar-refractivity contribution in [1.29, 1.82) is 0 Å². The van der Waals surface area contributed by atoms with Crippen molar-refractivity contribution in [2.45, 2.75) is 54.2 Å². The number of hydrogen-bond donors (Lipinski definition) is 2. The fourth-order valence-electron chi connectivity index (χ4n) is 6.11. The number of nitrogens with zero attached hydrogens (tertiary/aromatic N) is 3. The summed E-state index contributed by atoms with van der Waals surface area (Å²) in [6.07, 6.45) is 2.60. The highest BCUT2D eigenvalue weighted by Crippen LogP contribution is 2.49. The zero-order valence-corrected chi connectivity index (χ0v) is 19.1. The number of nitrogens with two attached hydrogens (primary N) is 1. The molecule has 5 aliphatic rings. The lowest BCUT2D eigenvalue weighted by Gasteiger charge is -2.39. The van der Waals surface area contributed by atoms with Crippen LogP contribution in [-0.4, -0.2) is 62.9 Å². The first-order valence-electron chi connectivity index (χ1n) is 11.6. The Morgan fingerprint density at radius 1 is 1.00 bits per heavy atom. The zero-order chi connectivity index (χ0) is 23.1. The lowest BCUT2D eigenvalue weighted by Crippen LogP contribution is -2.53. The maximum absolute atomic E-state index is 13.3. The maximum atomic E-state index is 13.3. The van der Waals surface area contributed by atoms with Crippen LogP contribution in [0.1, 0.15) is 45.5 Å². The second kappa shape index (κ2) is 7.13. The van der Waals surface area contributed by atoms with Gasteiger partial charge >= 0.3 is 6.03 Å². The lowest BCUT2D eigenvalue weighted by molar-refractivity contribution is 0.0484. The number of urea groups is 1. The van der Waals surface area contributed by atoms with Crippen molar-refractivity contribution in [3.8, 4) is 5.75 Å². The quantitative estimate of drug-likeness (QED) is 0.389. The molecule has 2 fully saturated rings. The molecule has 0 aromatic heterocycles. The molecule has 174 valence electrons. The van der Waals surface area contributed by atoms with E-state index in [9.17, 15) is 14.4 Å². The highest BCUT2D eigenvalue weighted by molar-refractivity contribution is 8.00. The van der Waals surface area contributed by atoms with Crippen molar-refractivity contribution in [2.24, 2.45) is 5.84 Å². The van der Waals surface area contributed by atoms with Gasteiger partial charge in [-0.25, -0.2) is 10.6 Å². The van der Waals surface area contributed by atoms with Gasteiger partial charge in [0, 0.05) is 22.9 Å². The summed E-state index contributed by atoms with van der Waals surface area (Å²) >= 11 is 1.59. The Balaban J connectivity index is 1.17. The number of benzene rings is 2. The van der Waals surface area contributed by atoms with Gasteiger partial charge < -0.3 is 10.1 Å². The number of thioether (sulfide) groups is 1. The number of carbonyl (C=O) groups is 3. The van der Waals surface area contributed by atoms with Gasteiger partial charge in [0.05, 0.1) is 35.5 Å². The van der Waals surface area contributed by atoms with Gasteiger partial charge in [0.1, 0.15) is 5.75 Å². The number of hydrazine groups is 1. The van der Waals surface area contributed by atoms with E-state index in [-0.39, 0.29) is 41.5 Å². The minimum atomic E-state index is -0.309.